The van der Waals surface area contributed by atoms with E-state index in [9.17, 15) is 9.90 Å². The summed E-state index contributed by atoms with van der Waals surface area (Å²) in [7, 11) is 0. The molecule has 1 atom stereocenters. The second-order valence-electron chi connectivity index (χ2n) is 7.08. The van der Waals surface area contributed by atoms with E-state index in [1.165, 1.54) is 0 Å². The van der Waals surface area contributed by atoms with Crippen LogP contribution in [0.15, 0.2) is 24.3 Å². The van der Waals surface area contributed by atoms with E-state index in [-0.39, 0.29) is 11.9 Å². The summed E-state index contributed by atoms with van der Waals surface area (Å²) in [5.41, 5.74) is 1.14. The molecular weight excluding hydrogens is 318 g/mol. The van der Waals surface area contributed by atoms with Gasteiger partial charge in [0.2, 0.25) is 5.91 Å². The Labute approximate surface area is 150 Å². The Balaban J connectivity index is 1.64. The molecule has 1 aromatic rings. The Bertz CT molecular complexity index is 542. The molecule has 1 unspecified atom stereocenters. The maximum absolute atomic E-state index is 11.8. The molecule has 0 spiro atoms. The lowest BCUT2D eigenvalue weighted by Gasteiger charge is -2.35. The second-order valence-corrected chi connectivity index (χ2v) is 7.08. The molecule has 1 heterocycles. The number of aliphatic hydroxyl groups excluding tert-OH is 1. The molecule has 2 rings (SSSR count). The van der Waals surface area contributed by atoms with E-state index in [1.807, 2.05) is 45.0 Å². The van der Waals surface area contributed by atoms with Gasteiger partial charge >= 0.3 is 0 Å². The predicted molar refractivity (Wildman–Crippen MR) is 98.8 cm³/mol. The largest absolute Gasteiger partial charge is 0.491 e. The zero-order chi connectivity index (χ0) is 18.2. The van der Waals surface area contributed by atoms with Gasteiger partial charge in [0.05, 0.1) is 6.54 Å². The third kappa shape index (κ3) is 7.42. The molecule has 0 saturated carbocycles. The van der Waals surface area contributed by atoms with Crippen molar-refractivity contribution in [3.8, 4) is 5.75 Å². The third-order valence-corrected chi connectivity index (χ3v) is 4.18. The number of aliphatic hydroxyl groups is 1. The number of ether oxygens (including phenoxy) is 1. The minimum atomic E-state index is -0.517. The first-order valence-electron chi connectivity index (χ1n) is 9.04. The summed E-state index contributed by atoms with van der Waals surface area (Å²) in [5, 5.41) is 13.1. The molecular formula is C19H31N3O3. The molecule has 140 valence electrons. The number of amides is 1. The quantitative estimate of drug-likeness (QED) is 0.729. The van der Waals surface area contributed by atoms with Gasteiger partial charge in [-0.1, -0.05) is 12.1 Å². The summed E-state index contributed by atoms with van der Waals surface area (Å²) < 4.78 is 5.66. The van der Waals surface area contributed by atoms with Gasteiger partial charge in [0.25, 0.3) is 0 Å². The predicted octanol–water partition coefficient (Wildman–Crippen LogP) is 0.877. The van der Waals surface area contributed by atoms with Crippen LogP contribution in [-0.2, 0) is 4.79 Å². The number of carbonyl (C=O) groups is 1. The van der Waals surface area contributed by atoms with Gasteiger partial charge in [0.15, 0.2) is 0 Å². The van der Waals surface area contributed by atoms with Gasteiger partial charge in [-0.3, -0.25) is 14.6 Å². The lowest BCUT2D eigenvalue weighted by Crippen LogP contribution is -2.51. The van der Waals surface area contributed by atoms with Crippen LogP contribution < -0.4 is 10.1 Å². The summed E-state index contributed by atoms with van der Waals surface area (Å²) in [6.45, 7) is 10.7. The van der Waals surface area contributed by atoms with E-state index in [4.69, 9.17) is 4.74 Å². The van der Waals surface area contributed by atoms with Crippen LogP contribution in [0.3, 0.4) is 0 Å². The van der Waals surface area contributed by atoms with E-state index >= 15 is 0 Å². The van der Waals surface area contributed by atoms with E-state index in [2.05, 4.69) is 15.1 Å². The fourth-order valence-corrected chi connectivity index (χ4v) is 2.95. The third-order valence-electron chi connectivity index (χ3n) is 4.18. The van der Waals surface area contributed by atoms with Crippen molar-refractivity contribution in [2.45, 2.75) is 32.9 Å². The van der Waals surface area contributed by atoms with Crippen LogP contribution in [0.1, 0.15) is 19.4 Å². The number of rotatable bonds is 8. The summed E-state index contributed by atoms with van der Waals surface area (Å²) in [4.78, 5) is 16.2. The van der Waals surface area contributed by atoms with Gasteiger partial charge in [-0.05, 0) is 38.5 Å². The Kier molecular flexibility index (Phi) is 7.68. The van der Waals surface area contributed by atoms with Crippen LogP contribution in [0.25, 0.3) is 0 Å². The summed E-state index contributed by atoms with van der Waals surface area (Å²) in [6, 6.07) is 8.02. The Morgan fingerprint density at radius 2 is 1.92 bits per heavy atom. The normalized spacial score (nSPS) is 17.5. The molecule has 2 N–H and O–H groups in total. The molecule has 1 aliphatic heterocycles. The molecule has 1 aromatic carbocycles. The summed E-state index contributed by atoms with van der Waals surface area (Å²) >= 11 is 0. The average Bonchev–Trinajstić information content (AvgIpc) is 2.54. The van der Waals surface area contributed by atoms with Gasteiger partial charge in [-0.15, -0.1) is 0 Å². The van der Waals surface area contributed by atoms with E-state index < -0.39 is 6.10 Å². The van der Waals surface area contributed by atoms with Gasteiger partial charge in [0, 0.05) is 38.8 Å². The molecule has 25 heavy (non-hydrogen) atoms. The van der Waals surface area contributed by atoms with E-state index in [0.717, 1.165) is 37.5 Å². The Hall–Kier alpha value is -1.63. The van der Waals surface area contributed by atoms with Crippen LogP contribution in [0.4, 0.5) is 0 Å². The van der Waals surface area contributed by atoms with E-state index in [1.54, 1.807) is 0 Å². The highest BCUT2D eigenvalue weighted by molar-refractivity contribution is 5.78. The molecule has 6 heteroatoms. The van der Waals surface area contributed by atoms with Crippen LogP contribution in [0.5, 0.6) is 5.75 Å². The number of nitrogens with zero attached hydrogens (tertiary/aromatic N) is 2. The topological polar surface area (TPSA) is 65.0 Å². The van der Waals surface area contributed by atoms with Crippen LogP contribution in [0.2, 0.25) is 0 Å². The fourth-order valence-electron chi connectivity index (χ4n) is 2.95. The van der Waals surface area contributed by atoms with Crippen molar-refractivity contribution >= 4 is 5.91 Å². The fraction of sp³-hybridized carbons (Fsp3) is 0.632. The van der Waals surface area contributed by atoms with Crippen molar-refractivity contribution in [3.63, 3.8) is 0 Å². The Morgan fingerprint density at radius 1 is 1.24 bits per heavy atom. The lowest BCUT2D eigenvalue weighted by molar-refractivity contribution is -0.123. The van der Waals surface area contributed by atoms with Crippen LogP contribution in [0, 0.1) is 6.92 Å². The van der Waals surface area contributed by atoms with Gasteiger partial charge in [-0.2, -0.15) is 0 Å². The number of nitrogens with one attached hydrogen (secondary N) is 1. The molecule has 6 nitrogen and oxygen atoms in total. The SMILES string of the molecule is Cc1cccc(OCC(O)CN2CCN(CC(=O)NC(C)C)CC2)c1. The number of benzene rings is 1. The zero-order valence-electron chi connectivity index (χ0n) is 15.6. The van der Waals surface area contributed by atoms with Crippen molar-refractivity contribution in [1.82, 2.24) is 15.1 Å². The van der Waals surface area contributed by atoms with Crippen LogP contribution >= 0.6 is 0 Å². The standard InChI is InChI=1S/C19H31N3O3/c1-15(2)20-19(24)13-22-9-7-21(8-10-22)12-17(23)14-25-18-6-4-5-16(3)11-18/h4-6,11,15,17,23H,7-10,12-14H2,1-3H3,(H,20,24). The molecule has 1 amide bonds. The Morgan fingerprint density at radius 3 is 2.56 bits per heavy atom. The average molecular weight is 349 g/mol. The highest BCUT2D eigenvalue weighted by Gasteiger charge is 2.21. The number of aryl methyl sites for hydroxylation is 1. The first-order chi connectivity index (χ1) is 11.9. The molecule has 0 radical (unpaired) electrons. The molecule has 1 saturated heterocycles. The van der Waals surface area contributed by atoms with E-state index in [0.29, 0.717) is 19.7 Å². The minimum Gasteiger partial charge on any atom is -0.491 e. The van der Waals surface area contributed by atoms with Gasteiger partial charge < -0.3 is 15.2 Å². The van der Waals surface area contributed by atoms with Gasteiger partial charge in [-0.25, -0.2) is 0 Å². The van der Waals surface area contributed by atoms with Crippen molar-refractivity contribution in [1.29, 1.82) is 0 Å². The van der Waals surface area contributed by atoms with Crippen molar-refractivity contribution in [3.05, 3.63) is 29.8 Å². The molecule has 0 aliphatic carbocycles. The van der Waals surface area contributed by atoms with Crippen LogP contribution in [-0.4, -0.2) is 78.8 Å². The molecule has 1 fully saturated rings. The smallest absolute Gasteiger partial charge is 0.234 e. The number of carbonyl (C=O) groups excluding carboxylic acids is 1. The maximum atomic E-state index is 11.8. The number of hydrogen-bond acceptors (Lipinski definition) is 5. The molecule has 1 aliphatic rings. The molecule has 0 aromatic heterocycles. The highest BCUT2D eigenvalue weighted by Crippen LogP contribution is 2.13. The first kappa shape index (κ1) is 19.7. The van der Waals surface area contributed by atoms with Crippen molar-refractivity contribution in [2.24, 2.45) is 0 Å². The summed E-state index contributed by atoms with van der Waals surface area (Å²) in [6.07, 6.45) is -0.517. The van der Waals surface area contributed by atoms with Gasteiger partial charge in [0.1, 0.15) is 18.5 Å². The molecule has 0 bridgehead atoms. The first-order valence-corrected chi connectivity index (χ1v) is 9.04. The van der Waals surface area contributed by atoms with Crippen molar-refractivity contribution < 1.29 is 14.6 Å². The van der Waals surface area contributed by atoms with Crippen molar-refractivity contribution in [2.75, 3.05) is 45.9 Å². The lowest BCUT2D eigenvalue weighted by atomic mass is 10.2. The second kappa shape index (κ2) is 9.75. The maximum Gasteiger partial charge on any atom is 0.234 e. The number of hydrogen-bond donors (Lipinski definition) is 2. The number of β-amino-alcohol motifs (C(OH)–C–C–N with tert-alkyl or cyclic N) is 1. The highest BCUT2D eigenvalue weighted by atomic mass is 16.5. The summed E-state index contributed by atoms with van der Waals surface area (Å²) in [5.74, 6) is 0.870. The minimum absolute atomic E-state index is 0.0787. The zero-order valence-corrected chi connectivity index (χ0v) is 15.6. The monoisotopic (exact) mass is 349 g/mol. The number of piperazine rings is 1.